The van der Waals surface area contributed by atoms with Crippen molar-refractivity contribution >= 4 is 11.6 Å². The number of carbonyl (C=O) groups is 1. The standard InChI is InChI=1S/C23H18F4N2O3/c24-16-5-7-17(8-6-16)28-21(31)22(12-32-13-22)15-3-1-14(2-4-15)18-9-10-20(23(25,26)27)29-19(18)11-30/h1-10,30H,11-13H2,(H,28,31). The number of amides is 1. The van der Waals surface area contributed by atoms with Gasteiger partial charge in [-0.25, -0.2) is 9.37 Å². The number of rotatable bonds is 5. The lowest BCUT2D eigenvalue weighted by Crippen LogP contribution is -2.55. The largest absolute Gasteiger partial charge is 0.433 e. The lowest BCUT2D eigenvalue weighted by Gasteiger charge is -2.40. The van der Waals surface area contributed by atoms with E-state index in [4.69, 9.17) is 4.74 Å². The highest BCUT2D eigenvalue weighted by Crippen LogP contribution is 2.36. The number of hydrogen-bond acceptors (Lipinski definition) is 4. The molecule has 166 valence electrons. The smallest absolute Gasteiger partial charge is 0.390 e. The molecule has 1 amide bonds. The van der Waals surface area contributed by atoms with Gasteiger partial charge in [0.25, 0.3) is 0 Å². The van der Waals surface area contributed by atoms with Crippen LogP contribution in [0.25, 0.3) is 11.1 Å². The predicted octanol–water partition coefficient (Wildman–Crippen LogP) is 4.31. The molecule has 2 heterocycles. The first kappa shape index (κ1) is 21.9. The molecule has 0 atom stereocenters. The Bertz CT molecular complexity index is 1130. The molecule has 32 heavy (non-hydrogen) atoms. The van der Waals surface area contributed by atoms with Crippen LogP contribution in [0.5, 0.6) is 0 Å². The first-order chi connectivity index (χ1) is 15.2. The van der Waals surface area contributed by atoms with Gasteiger partial charge in [-0.05, 0) is 41.5 Å². The number of nitrogens with one attached hydrogen (secondary N) is 1. The van der Waals surface area contributed by atoms with Crippen LogP contribution in [-0.4, -0.2) is 29.2 Å². The second kappa shape index (κ2) is 8.33. The molecule has 9 heteroatoms. The quantitative estimate of drug-likeness (QED) is 0.574. The van der Waals surface area contributed by atoms with Gasteiger partial charge in [0.2, 0.25) is 5.91 Å². The van der Waals surface area contributed by atoms with Crippen molar-refractivity contribution in [2.75, 3.05) is 18.5 Å². The van der Waals surface area contributed by atoms with Crippen LogP contribution >= 0.6 is 0 Å². The van der Waals surface area contributed by atoms with E-state index >= 15 is 0 Å². The van der Waals surface area contributed by atoms with Gasteiger partial charge < -0.3 is 15.2 Å². The highest BCUT2D eigenvalue weighted by atomic mass is 19.4. The molecule has 1 fully saturated rings. The average Bonchev–Trinajstić information content (AvgIpc) is 2.74. The van der Waals surface area contributed by atoms with Gasteiger partial charge in [-0.3, -0.25) is 4.79 Å². The molecule has 0 unspecified atom stereocenters. The summed E-state index contributed by atoms with van der Waals surface area (Å²) >= 11 is 0. The summed E-state index contributed by atoms with van der Waals surface area (Å²) in [6, 6.07) is 14.2. The van der Waals surface area contributed by atoms with Gasteiger partial charge in [0, 0.05) is 11.3 Å². The van der Waals surface area contributed by atoms with E-state index in [2.05, 4.69) is 10.3 Å². The summed E-state index contributed by atoms with van der Waals surface area (Å²) in [5.41, 5.74) is -0.0888. The Morgan fingerprint density at radius 3 is 2.22 bits per heavy atom. The van der Waals surface area contributed by atoms with Gasteiger partial charge in [-0.2, -0.15) is 13.2 Å². The Morgan fingerprint density at radius 1 is 1.03 bits per heavy atom. The molecule has 2 N–H and O–H groups in total. The van der Waals surface area contributed by atoms with Crippen molar-refractivity contribution in [3.8, 4) is 11.1 Å². The number of nitrogens with zero attached hydrogens (tertiary/aromatic N) is 1. The molecule has 1 aliphatic heterocycles. The number of halogens is 4. The number of ether oxygens (including phenoxy) is 1. The molecule has 1 aliphatic rings. The Morgan fingerprint density at radius 2 is 1.69 bits per heavy atom. The van der Waals surface area contributed by atoms with Crippen LogP contribution in [0.15, 0.2) is 60.7 Å². The molecule has 0 saturated carbocycles. The normalized spacial score (nSPS) is 15.2. The third-order valence-corrected chi connectivity index (χ3v) is 5.40. The third kappa shape index (κ3) is 4.09. The molecule has 1 aromatic heterocycles. The van der Waals surface area contributed by atoms with Crippen LogP contribution in [0.3, 0.4) is 0 Å². The maximum absolute atomic E-state index is 13.1. The van der Waals surface area contributed by atoms with Gasteiger partial charge in [0.15, 0.2) is 0 Å². The molecule has 4 rings (SSSR count). The minimum atomic E-state index is -4.61. The molecule has 5 nitrogen and oxygen atoms in total. The number of anilines is 1. The number of carbonyl (C=O) groups excluding carboxylic acids is 1. The Labute approximate surface area is 180 Å². The fourth-order valence-corrected chi connectivity index (χ4v) is 3.53. The third-order valence-electron chi connectivity index (χ3n) is 5.40. The van der Waals surface area contributed by atoms with E-state index in [-0.39, 0.29) is 24.8 Å². The molecular formula is C23H18F4N2O3. The number of hydrogen-bond donors (Lipinski definition) is 2. The Hall–Kier alpha value is -3.30. The molecule has 0 aliphatic carbocycles. The van der Waals surface area contributed by atoms with Crippen LogP contribution < -0.4 is 5.32 Å². The number of benzene rings is 2. The SMILES string of the molecule is O=C(Nc1ccc(F)cc1)C1(c2ccc(-c3ccc(C(F)(F)F)nc3CO)cc2)COC1. The molecule has 0 radical (unpaired) electrons. The summed E-state index contributed by atoms with van der Waals surface area (Å²) in [5, 5.41) is 12.3. The highest BCUT2D eigenvalue weighted by molar-refractivity contribution is 6.00. The van der Waals surface area contributed by atoms with Crippen molar-refractivity contribution in [1.82, 2.24) is 4.98 Å². The number of aliphatic hydroxyl groups excluding tert-OH is 1. The molecule has 3 aromatic rings. The summed E-state index contributed by atoms with van der Waals surface area (Å²) < 4.78 is 57.1. The average molecular weight is 446 g/mol. The predicted molar refractivity (Wildman–Crippen MR) is 108 cm³/mol. The Balaban J connectivity index is 1.60. The van der Waals surface area contributed by atoms with Crippen LogP contribution in [0.1, 0.15) is 17.0 Å². The van der Waals surface area contributed by atoms with Crippen LogP contribution in [0.2, 0.25) is 0 Å². The van der Waals surface area contributed by atoms with Gasteiger partial charge in [0.1, 0.15) is 16.9 Å². The number of alkyl halides is 3. The van der Waals surface area contributed by atoms with Crippen molar-refractivity contribution in [3.05, 3.63) is 83.4 Å². The van der Waals surface area contributed by atoms with E-state index < -0.39 is 29.7 Å². The van der Waals surface area contributed by atoms with Crippen molar-refractivity contribution in [2.24, 2.45) is 0 Å². The van der Waals surface area contributed by atoms with E-state index in [9.17, 15) is 27.5 Å². The van der Waals surface area contributed by atoms with Crippen molar-refractivity contribution in [1.29, 1.82) is 0 Å². The highest BCUT2D eigenvalue weighted by Gasteiger charge is 2.47. The zero-order chi connectivity index (χ0) is 22.9. The lowest BCUT2D eigenvalue weighted by molar-refractivity contribution is -0.141. The first-order valence-electron chi connectivity index (χ1n) is 9.66. The molecule has 1 saturated heterocycles. The van der Waals surface area contributed by atoms with Crippen molar-refractivity contribution in [3.63, 3.8) is 0 Å². The molecule has 0 spiro atoms. The fourth-order valence-electron chi connectivity index (χ4n) is 3.53. The summed E-state index contributed by atoms with van der Waals surface area (Å²) in [4.78, 5) is 16.5. The lowest BCUT2D eigenvalue weighted by atomic mass is 9.77. The van der Waals surface area contributed by atoms with E-state index in [1.165, 1.54) is 30.3 Å². The molecule has 0 bridgehead atoms. The number of aromatic nitrogens is 1. The molecule has 2 aromatic carbocycles. The zero-order valence-corrected chi connectivity index (χ0v) is 16.6. The van der Waals surface area contributed by atoms with Crippen LogP contribution in [0.4, 0.5) is 23.2 Å². The number of aliphatic hydroxyl groups is 1. The number of pyridine rings is 1. The fraction of sp³-hybridized carbons (Fsp3) is 0.217. The maximum atomic E-state index is 13.1. The second-order valence-electron chi connectivity index (χ2n) is 7.46. The topological polar surface area (TPSA) is 71.5 Å². The minimum Gasteiger partial charge on any atom is -0.390 e. The van der Waals surface area contributed by atoms with E-state index in [0.29, 0.717) is 22.4 Å². The van der Waals surface area contributed by atoms with Crippen molar-refractivity contribution < 1.29 is 32.2 Å². The maximum Gasteiger partial charge on any atom is 0.433 e. The summed E-state index contributed by atoms with van der Waals surface area (Å²) in [6.45, 7) is -0.342. The minimum absolute atomic E-state index is 0.0941. The summed E-state index contributed by atoms with van der Waals surface area (Å²) in [5.74, 6) is -0.726. The van der Waals surface area contributed by atoms with Gasteiger partial charge in [-0.15, -0.1) is 0 Å². The van der Waals surface area contributed by atoms with Crippen LogP contribution in [-0.2, 0) is 27.7 Å². The van der Waals surface area contributed by atoms with Gasteiger partial charge in [0.05, 0.1) is 25.5 Å². The molecular weight excluding hydrogens is 428 g/mol. The first-order valence-corrected chi connectivity index (χ1v) is 9.66. The summed E-state index contributed by atoms with van der Waals surface area (Å²) in [6.07, 6.45) is -4.61. The van der Waals surface area contributed by atoms with E-state index in [1.807, 2.05) is 0 Å². The zero-order valence-electron chi connectivity index (χ0n) is 16.6. The van der Waals surface area contributed by atoms with Gasteiger partial charge in [-0.1, -0.05) is 30.3 Å². The van der Waals surface area contributed by atoms with E-state index in [1.54, 1.807) is 24.3 Å². The van der Waals surface area contributed by atoms with Gasteiger partial charge >= 0.3 is 6.18 Å². The van der Waals surface area contributed by atoms with E-state index in [0.717, 1.165) is 6.07 Å². The van der Waals surface area contributed by atoms with Crippen LogP contribution in [0, 0.1) is 5.82 Å². The Kier molecular flexibility index (Phi) is 5.70. The summed E-state index contributed by atoms with van der Waals surface area (Å²) in [7, 11) is 0. The van der Waals surface area contributed by atoms with Crippen molar-refractivity contribution in [2.45, 2.75) is 18.2 Å². The second-order valence-corrected chi connectivity index (χ2v) is 7.46. The monoisotopic (exact) mass is 446 g/mol.